The Bertz CT molecular complexity index is 1390. The summed E-state index contributed by atoms with van der Waals surface area (Å²) in [4.78, 5) is 8.91. The van der Waals surface area contributed by atoms with Crippen LogP contribution in [0, 0.1) is 19.1 Å². The Morgan fingerprint density at radius 1 is 0.889 bits per heavy atom. The molecule has 2 aromatic carbocycles. The molecule has 3 heterocycles. The third kappa shape index (κ3) is 5.51. The van der Waals surface area contributed by atoms with E-state index in [0.29, 0.717) is 5.92 Å². The number of fused-ring (bicyclic) bond motifs is 3. The first-order valence-corrected chi connectivity index (χ1v) is 12.4. The van der Waals surface area contributed by atoms with Crippen molar-refractivity contribution >= 4 is 11.0 Å². The molecule has 4 heteroatoms. The number of aryl methyl sites for hydroxylation is 3. The standard InChI is InChI=1S/C21H22NO.C11H8N.Ir/c1-13(2)18-12-22-19(11-14(18)3)17-9-6-8-16-15-7-4-5-10-20(15)23-21(16)17;1-2-6-10(7-3-1)11-8-4-5-9-12-11;/h6,8,11-13H,4-5,7,10H2,1-3H3;1-6,8-9H;/q2*-1;. The summed E-state index contributed by atoms with van der Waals surface area (Å²) in [7, 11) is 0. The molecular weight excluding hydrogens is 621 g/mol. The molecule has 36 heavy (non-hydrogen) atoms. The topological polar surface area (TPSA) is 38.9 Å². The second-order valence-corrected chi connectivity index (χ2v) is 9.38. The molecule has 0 saturated carbocycles. The SMILES string of the molecule is Cc1cc(-c2[c-]ccc3c4c(oc23)CCCC4)ncc1C(C)C.[Ir].[c-]1ccccc1-c1ccccn1. The summed E-state index contributed by atoms with van der Waals surface area (Å²) in [6.45, 7) is 6.57. The molecule has 0 spiro atoms. The summed E-state index contributed by atoms with van der Waals surface area (Å²) in [6.07, 6.45) is 8.47. The van der Waals surface area contributed by atoms with Crippen LogP contribution < -0.4 is 0 Å². The molecule has 6 rings (SSSR count). The molecule has 0 bridgehead atoms. The van der Waals surface area contributed by atoms with E-state index in [2.05, 4.69) is 50.0 Å². The van der Waals surface area contributed by atoms with Gasteiger partial charge in [-0.2, -0.15) is 0 Å². The quantitative estimate of drug-likeness (QED) is 0.185. The summed E-state index contributed by atoms with van der Waals surface area (Å²) in [6, 6.07) is 26.5. The predicted molar refractivity (Wildman–Crippen MR) is 142 cm³/mol. The van der Waals surface area contributed by atoms with Crippen LogP contribution in [-0.2, 0) is 32.9 Å². The fourth-order valence-corrected chi connectivity index (χ4v) is 4.80. The minimum absolute atomic E-state index is 0. The van der Waals surface area contributed by atoms with Crippen molar-refractivity contribution in [1.29, 1.82) is 0 Å². The monoisotopic (exact) mass is 651 g/mol. The van der Waals surface area contributed by atoms with Crippen LogP contribution in [0.4, 0.5) is 0 Å². The smallest absolute Gasteiger partial charge is 0.0930 e. The van der Waals surface area contributed by atoms with Crippen molar-refractivity contribution in [2.24, 2.45) is 0 Å². The molecule has 5 aromatic rings. The summed E-state index contributed by atoms with van der Waals surface area (Å²) >= 11 is 0. The van der Waals surface area contributed by atoms with Gasteiger partial charge >= 0.3 is 0 Å². The molecule has 0 aliphatic heterocycles. The number of furan rings is 1. The van der Waals surface area contributed by atoms with Crippen LogP contribution in [0.2, 0.25) is 0 Å². The molecule has 1 radical (unpaired) electrons. The maximum absolute atomic E-state index is 6.22. The van der Waals surface area contributed by atoms with Crippen molar-refractivity contribution in [3.05, 3.63) is 108 Å². The van der Waals surface area contributed by atoms with Crippen LogP contribution in [-0.4, -0.2) is 9.97 Å². The molecule has 3 aromatic heterocycles. The number of pyridine rings is 2. The Morgan fingerprint density at radius 2 is 1.72 bits per heavy atom. The van der Waals surface area contributed by atoms with E-state index in [1.165, 1.54) is 40.7 Å². The number of hydrogen-bond acceptors (Lipinski definition) is 3. The molecule has 0 atom stereocenters. The van der Waals surface area contributed by atoms with Gasteiger partial charge in [0.15, 0.2) is 0 Å². The van der Waals surface area contributed by atoms with Crippen LogP contribution in [0.5, 0.6) is 0 Å². The molecule has 1 aliphatic rings. The zero-order valence-corrected chi connectivity index (χ0v) is 23.4. The summed E-state index contributed by atoms with van der Waals surface area (Å²) in [5.74, 6) is 1.66. The number of benzene rings is 2. The van der Waals surface area contributed by atoms with Crippen molar-refractivity contribution in [3.8, 4) is 22.5 Å². The van der Waals surface area contributed by atoms with Crippen LogP contribution in [0.15, 0.2) is 77.5 Å². The molecule has 1 aliphatic carbocycles. The largest absolute Gasteiger partial charge is 0.505 e. The normalized spacial score (nSPS) is 12.4. The van der Waals surface area contributed by atoms with Crippen molar-refractivity contribution in [2.45, 2.75) is 52.4 Å². The van der Waals surface area contributed by atoms with E-state index in [0.717, 1.165) is 40.9 Å². The maximum atomic E-state index is 6.22. The number of rotatable bonds is 3. The van der Waals surface area contributed by atoms with Gasteiger partial charge in [0.05, 0.1) is 11.3 Å². The van der Waals surface area contributed by atoms with Crippen molar-refractivity contribution in [3.63, 3.8) is 0 Å². The van der Waals surface area contributed by atoms with Gasteiger partial charge in [-0.25, -0.2) is 0 Å². The Balaban J connectivity index is 0.000000198. The minimum atomic E-state index is 0. The van der Waals surface area contributed by atoms with E-state index in [1.54, 1.807) is 6.20 Å². The Labute approximate surface area is 227 Å². The second-order valence-electron chi connectivity index (χ2n) is 9.38. The fraction of sp³-hybridized carbons (Fsp3) is 0.250. The van der Waals surface area contributed by atoms with Gasteiger partial charge in [0.2, 0.25) is 0 Å². The molecular formula is C32H30IrN2O-2. The molecule has 0 amide bonds. The van der Waals surface area contributed by atoms with Crippen molar-refractivity contribution < 1.29 is 24.5 Å². The summed E-state index contributed by atoms with van der Waals surface area (Å²) in [5.41, 5.74) is 8.92. The van der Waals surface area contributed by atoms with E-state index < -0.39 is 0 Å². The molecule has 3 nitrogen and oxygen atoms in total. The first-order chi connectivity index (χ1) is 17.1. The van der Waals surface area contributed by atoms with Crippen LogP contribution in [0.25, 0.3) is 33.5 Å². The zero-order chi connectivity index (χ0) is 24.2. The average molecular weight is 651 g/mol. The summed E-state index contributed by atoms with van der Waals surface area (Å²) < 4.78 is 6.22. The molecule has 0 saturated heterocycles. The molecule has 0 unspecified atom stereocenters. The second kappa shape index (κ2) is 11.8. The Hall–Kier alpha value is -3.07. The van der Waals surface area contributed by atoms with Crippen LogP contribution >= 0.6 is 0 Å². The molecule has 185 valence electrons. The third-order valence-corrected chi connectivity index (χ3v) is 6.60. The van der Waals surface area contributed by atoms with Crippen molar-refractivity contribution in [1.82, 2.24) is 9.97 Å². The van der Waals surface area contributed by atoms with Gasteiger partial charge in [0, 0.05) is 38.9 Å². The average Bonchev–Trinajstić information content (AvgIpc) is 3.29. The number of hydrogen-bond donors (Lipinski definition) is 0. The fourth-order valence-electron chi connectivity index (χ4n) is 4.80. The van der Waals surface area contributed by atoms with E-state index in [9.17, 15) is 0 Å². The van der Waals surface area contributed by atoms with E-state index in [4.69, 9.17) is 9.40 Å². The Morgan fingerprint density at radius 3 is 2.44 bits per heavy atom. The van der Waals surface area contributed by atoms with Gasteiger partial charge in [-0.1, -0.05) is 48.6 Å². The number of aromatic nitrogens is 2. The van der Waals surface area contributed by atoms with E-state index in [1.807, 2.05) is 54.7 Å². The van der Waals surface area contributed by atoms with Gasteiger partial charge in [-0.3, -0.25) is 0 Å². The maximum Gasteiger partial charge on any atom is 0.0930 e. The number of nitrogens with zero attached hydrogens (tertiary/aromatic N) is 2. The third-order valence-electron chi connectivity index (χ3n) is 6.60. The predicted octanol–water partition coefficient (Wildman–Crippen LogP) is 8.15. The molecule has 0 N–H and O–H groups in total. The van der Waals surface area contributed by atoms with Crippen molar-refractivity contribution in [2.75, 3.05) is 0 Å². The summed E-state index contributed by atoms with van der Waals surface area (Å²) in [5, 5.41) is 1.25. The first kappa shape index (κ1) is 26.0. The van der Waals surface area contributed by atoms with E-state index in [-0.39, 0.29) is 20.1 Å². The molecule has 0 fully saturated rings. The van der Waals surface area contributed by atoms with Gasteiger partial charge < -0.3 is 14.4 Å². The van der Waals surface area contributed by atoms with Crippen LogP contribution in [0.3, 0.4) is 0 Å². The van der Waals surface area contributed by atoms with Crippen LogP contribution in [0.1, 0.15) is 55.1 Å². The zero-order valence-electron chi connectivity index (χ0n) is 21.0. The van der Waals surface area contributed by atoms with E-state index >= 15 is 0 Å². The van der Waals surface area contributed by atoms with Gasteiger partial charge in [-0.05, 0) is 60.7 Å². The minimum Gasteiger partial charge on any atom is -0.505 e. The first-order valence-electron chi connectivity index (χ1n) is 12.4. The van der Waals surface area contributed by atoms with Gasteiger partial charge in [0.25, 0.3) is 0 Å². The van der Waals surface area contributed by atoms with Gasteiger partial charge in [-0.15, -0.1) is 54.1 Å². The Kier molecular flexibility index (Phi) is 8.51. The van der Waals surface area contributed by atoms with Gasteiger partial charge in [0.1, 0.15) is 0 Å².